The van der Waals surface area contributed by atoms with E-state index in [0.717, 1.165) is 0 Å². The van der Waals surface area contributed by atoms with E-state index < -0.39 is 0 Å². The normalized spacial score (nSPS) is 22.2. The van der Waals surface area contributed by atoms with Crippen LogP contribution < -0.4 is 5.56 Å². The van der Waals surface area contributed by atoms with Crippen LogP contribution in [0.5, 0.6) is 0 Å². The van der Waals surface area contributed by atoms with Gasteiger partial charge in [-0.15, -0.1) is 0 Å². The van der Waals surface area contributed by atoms with Crippen molar-refractivity contribution in [3.05, 3.63) is 40.3 Å². The molecule has 148 valence electrons. The summed E-state index contributed by atoms with van der Waals surface area (Å²) in [4.78, 5) is 41.1. The van der Waals surface area contributed by atoms with E-state index in [9.17, 15) is 14.4 Å². The Labute approximate surface area is 162 Å². The minimum atomic E-state index is -0.176. The number of amides is 2. The molecule has 28 heavy (non-hydrogen) atoms. The number of fused-ring (bicyclic) bond motifs is 4. The van der Waals surface area contributed by atoms with Gasteiger partial charge in [0.05, 0.1) is 36.8 Å². The minimum Gasteiger partial charge on any atom is -0.379 e. The topological polar surface area (TPSA) is 84.7 Å². The number of hydrogen-bond donors (Lipinski definition) is 0. The zero-order chi connectivity index (χ0) is 19.8. The Hall–Kier alpha value is -2.74. The van der Waals surface area contributed by atoms with Gasteiger partial charge in [0.15, 0.2) is 0 Å². The van der Waals surface area contributed by atoms with Gasteiger partial charge in [0.25, 0.3) is 5.56 Å². The van der Waals surface area contributed by atoms with Crippen molar-refractivity contribution in [2.75, 3.05) is 32.8 Å². The van der Waals surface area contributed by atoms with Crippen LogP contribution in [0.15, 0.2) is 29.1 Å². The monoisotopic (exact) mass is 384 g/mol. The van der Waals surface area contributed by atoms with Crippen molar-refractivity contribution in [1.82, 2.24) is 19.6 Å². The number of aromatic nitrogens is 2. The molecule has 8 nitrogen and oxygen atoms in total. The largest absolute Gasteiger partial charge is 0.379 e. The summed E-state index contributed by atoms with van der Waals surface area (Å²) in [7, 11) is 1.60. The smallest absolute Gasteiger partial charge is 0.274 e. The fraction of sp³-hybridized carbons (Fsp3) is 0.500. The molecule has 2 bridgehead atoms. The van der Waals surface area contributed by atoms with Crippen LogP contribution in [-0.2, 0) is 27.8 Å². The summed E-state index contributed by atoms with van der Waals surface area (Å²) in [6, 6.07) is 7.11. The zero-order valence-corrected chi connectivity index (χ0v) is 16.1. The summed E-state index contributed by atoms with van der Waals surface area (Å²) in [6.45, 7) is 4.19. The first-order chi connectivity index (χ1) is 13.4. The third-order valence-corrected chi connectivity index (χ3v) is 5.58. The first-order valence-corrected chi connectivity index (χ1v) is 9.51. The summed E-state index contributed by atoms with van der Waals surface area (Å²) >= 11 is 0. The quantitative estimate of drug-likeness (QED) is 0.738. The second kappa shape index (κ2) is 7.35. The van der Waals surface area contributed by atoms with Crippen LogP contribution in [0, 0.1) is 5.92 Å². The molecule has 8 heteroatoms. The minimum absolute atomic E-state index is 0.0144. The first kappa shape index (κ1) is 18.6. The molecule has 1 aromatic carbocycles. The third-order valence-electron chi connectivity index (χ3n) is 5.58. The highest BCUT2D eigenvalue weighted by Crippen LogP contribution is 2.21. The molecular weight excluding hydrogens is 360 g/mol. The van der Waals surface area contributed by atoms with Crippen LogP contribution in [0.1, 0.15) is 12.6 Å². The molecule has 2 atom stereocenters. The average molecular weight is 384 g/mol. The number of rotatable bonds is 2. The van der Waals surface area contributed by atoms with Gasteiger partial charge >= 0.3 is 0 Å². The molecule has 0 aliphatic carbocycles. The second-order valence-electron chi connectivity index (χ2n) is 7.63. The van der Waals surface area contributed by atoms with Crippen LogP contribution in [0.2, 0.25) is 0 Å². The van der Waals surface area contributed by atoms with Gasteiger partial charge in [-0.2, -0.15) is 5.10 Å². The fourth-order valence-electron chi connectivity index (χ4n) is 4.19. The standard InChI is InChI=1S/C20H24N4O4/c1-13(25)24-9-14-8-23(10-15(24)12-28-11-14)19(26)7-18-16-5-3-4-6-17(16)20(27)22(2)21-18/h3-6,14-15H,7-12H2,1-2H3/t14-,15-/m0/s1. The number of carbonyl (C=O) groups excluding carboxylic acids is 2. The van der Waals surface area contributed by atoms with Crippen LogP contribution in [0.3, 0.4) is 0 Å². The van der Waals surface area contributed by atoms with Gasteiger partial charge in [-0.05, 0) is 6.07 Å². The van der Waals surface area contributed by atoms with E-state index in [1.807, 2.05) is 28.0 Å². The van der Waals surface area contributed by atoms with E-state index in [4.69, 9.17) is 4.74 Å². The lowest BCUT2D eigenvalue weighted by atomic mass is 10.1. The number of carbonyl (C=O) groups is 2. The maximum absolute atomic E-state index is 13.1. The van der Waals surface area contributed by atoms with Gasteiger partial charge in [-0.25, -0.2) is 4.68 Å². The van der Waals surface area contributed by atoms with Gasteiger partial charge in [0.2, 0.25) is 11.8 Å². The Morgan fingerprint density at radius 1 is 1.14 bits per heavy atom. The predicted octanol–water partition coefficient (Wildman–Crippen LogP) is 0.182. The Morgan fingerprint density at radius 3 is 2.64 bits per heavy atom. The lowest BCUT2D eigenvalue weighted by Crippen LogP contribution is -2.47. The first-order valence-electron chi connectivity index (χ1n) is 9.51. The van der Waals surface area contributed by atoms with Crippen molar-refractivity contribution in [1.29, 1.82) is 0 Å². The highest BCUT2D eigenvalue weighted by molar-refractivity contribution is 5.88. The lowest BCUT2D eigenvalue weighted by molar-refractivity contribution is -0.135. The molecule has 2 aliphatic heterocycles. The number of aryl methyl sites for hydroxylation is 1. The van der Waals surface area contributed by atoms with Crippen molar-refractivity contribution in [2.45, 2.75) is 19.4 Å². The van der Waals surface area contributed by atoms with Gasteiger partial charge in [0, 0.05) is 44.9 Å². The molecular formula is C20H24N4O4. The zero-order valence-electron chi connectivity index (χ0n) is 16.1. The second-order valence-corrected chi connectivity index (χ2v) is 7.63. The molecule has 3 heterocycles. The van der Waals surface area contributed by atoms with E-state index in [1.165, 1.54) is 4.68 Å². The number of hydrogen-bond acceptors (Lipinski definition) is 5. The van der Waals surface area contributed by atoms with Crippen molar-refractivity contribution in [3.63, 3.8) is 0 Å². The maximum Gasteiger partial charge on any atom is 0.274 e. The molecule has 0 spiro atoms. The van der Waals surface area contributed by atoms with Crippen LogP contribution >= 0.6 is 0 Å². The number of ether oxygens (including phenoxy) is 1. The number of benzene rings is 1. The Balaban J connectivity index is 1.61. The summed E-state index contributed by atoms with van der Waals surface area (Å²) < 4.78 is 6.98. The van der Waals surface area contributed by atoms with Crippen molar-refractivity contribution < 1.29 is 14.3 Å². The van der Waals surface area contributed by atoms with Gasteiger partial charge in [0.1, 0.15) is 0 Å². The van der Waals surface area contributed by atoms with Crippen molar-refractivity contribution in [2.24, 2.45) is 13.0 Å². The molecule has 0 N–H and O–H groups in total. The Morgan fingerprint density at radius 2 is 1.89 bits per heavy atom. The molecule has 0 saturated carbocycles. The molecule has 0 unspecified atom stereocenters. The van der Waals surface area contributed by atoms with Gasteiger partial charge in [-0.3, -0.25) is 14.4 Å². The van der Waals surface area contributed by atoms with E-state index in [2.05, 4.69) is 5.10 Å². The predicted molar refractivity (Wildman–Crippen MR) is 103 cm³/mol. The third kappa shape index (κ3) is 3.40. The Bertz CT molecular complexity index is 986. The summed E-state index contributed by atoms with van der Waals surface area (Å²) in [5, 5.41) is 5.61. The van der Waals surface area contributed by atoms with Gasteiger partial charge in [-0.1, -0.05) is 18.2 Å². The summed E-state index contributed by atoms with van der Waals surface area (Å²) in [5.41, 5.74) is 0.419. The molecule has 2 amide bonds. The van der Waals surface area contributed by atoms with Crippen molar-refractivity contribution >= 4 is 22.6 Å². The summed E-state index contributed by atoms with van der Waals surface area (Å²) in [5.74, 6) is 0.0734. The van der Waals surface area contributed by atoms with Gasteiger partial charge < -0.3 is 14.5 Å². The van der Waals surface area contributed by atoms with Crippen molar-refractivity contribution in [3.8, 4) is 0 Å². The average Bonchev–Trinajstić information content (AvgIpc) is 2.97. The highest BCUT2D eigenvalue weighted by Gasteiger charge is 2.36. The Kier molecular flexibility index (Phi) is 4.89. The SMILES string of the molecule is CC(=O)N1C[C@H]2COC[C@@H]1CN(C(=O)Cc1nn(C)c(=O)c3ccccc13)C2. The van der Waals surface area contributed by atoms with Crippen LogP contribution in [-0.4, -0.2) is 70.3 Å². The molecule has 2 saturated heterocycles. The van der Waals surface area contributed by atoms with Crippen LogP contribution in [0.25, 0.3) is 10.8 Å². The molecule has 2 aliphatic rings. The molecule has 0 radical (unpaired) electrons. The lowest BCUT2D eigenvalue weighted by Gasteiger charge is -2.30. The molecule has 1 aromatic heterocycles. The fourth-order valence-corrected chi connectivity index (χ4v) is 4.19. The highest BCUT2D eigenvalue weighted by atomic mass is 16.5. The van der Waals surface area contributed by atoms with Crippen LogP contribution in [0.4, 0.5) is 0 Å². The molecule has 2 aromatic rings. The van der Waals surface area contributed by atoms with E-state index >= 15 is 0 Å². The number of nitrogens with zero attached hydrogens (tertiary/aromatic N) is 4. The van der Waals surface area contributed by atoms with E-state index in [-0.39, 0.29) is 35.8 Å². The van der Waals surface area contributed by atoms with E-state index in [1.54, 1.807) is 20.0 Å². The summed E-state index contributed by atoms with van der Waals surface area (Å²) in [6.07, 6.45) is 0.120. The molecule has 2 fully saturated rings. The molecule has 4 rings (SSSR count). The van der Waals surface area contributed by atoms with E-state index in [0.29, 0.717) is 49.3 Å². The maximum atomic E-state index is 13.1.